The summed E-state index contributed by atoms with van der Waals surface area (Å²) in [6.07, 6.45) is 1.65. The van der Waals surface area contributed by atoms with Crippen LogP contribution < -0.4 is 15.6 Å². The Bertz CT molecular complexity index is 796. The number of hydrogen-bond acceptors (Lipinski definition) is 5. The SMILES string of the molecule is Cc1ccc(NCC(=O)N/N=C\c2ccc(N3CCOCC3)cc2)cc1C. The molecule has 1 heterocycles. The van der Waals surface area contributed by atoms with Crippen LogP contribution in [-0.2, 0) is 9.53 Å². The molecule has 6 heteroatoms. The second kappa shape index (κ2) is 9.19. The van der Waals surface area contributed by atoms with Gasteiger partial charge in [-0.2, -0.15) is 5.10 Å². The first-order valence-corrected chi connectivity index (χ1v) is 9.17. The van der Waals surface area contributed by atoms with Gasteiger partial charge in [0.15, 0.2) is 0 Å². The Morgan fingerprint density at radius 2 is 1.85 bits per heavy atom. The number of carbonyl (C=O) groups excluding carboxylic acids is 1. The van der Waals surface area contributed by atoms with E-state index in [0.29, 0.717) is 0 Å². The van der Waals surface area contributed by atoms with E-state index < -0.39 is 0 Å². The van der Waals surface area contributed by atoms with Gasteiger partial charge in [0.1, 0.15) is 0 Å². The number of ether oxygens (including phenoxy) is 1. The van der Waals surface area contributed by atoms with Crippen LogP contribution in [0.25, 0.3) is 0 Å². The van der Waals surface area contributed by atoms with Gasteiger partial charge in [-0.3, -0.25) is 4.79 Å². The second-order valence-electron chi connectivity index (χ2n) is 6.64. The van der Waals surface area contributed by atoms with Crippen molar-refractivity contribution in [2.45, 2.75) is 13.8 Å². The van der Waals surface area contributed by atoms with E-state index in [-0.39, 0.29) is 12.5 Å². The molecular weight excluding hydrogens is 340 g/mol. The summed E-state index contributed by atoms with van der Waals surface area (Å²) >= 11 is 0. The van der Waals surface area contributed by atoms with E-state index in [2.05, 4.69) is 46.7 Å². The molecular formula is C21H26N4O2. The molecule has 1 aliphatic heterocycles. The fourth-order valence-electron chi connectivity index (χ4n) is 2.84. The number of nitrogens with zero attached hydrogens (tertiary/aromatic N) is 2. The third kappa shape index (κ3) is 5.56. The number of anilines is 2. The van der Waals surface area contributed by atoms with Crippen LogP contribution in [-0.4, -0.2) is 45.0 Å². The van der Waals surface area contributed by atoms with Crippen LogP contribution in [0.4, 0.5) is 11.4 Å². The molecule has 6 nitrogen and oxygen atoms in total. The van der Waals surface area contributed by atoms with Crippen molar-refractivity contribution in [2.24, 2.45) is 5.10 Å². The van der Waals surface area contributed by atoms with Gasteiger partial charge in [0.2, 0.25) is 0 Å². The summed E-state index contributed by atoms with van der Waals surface area (Å²) < 4.78 is 5.37. The monoisotopic (exact) mass is 366 g/mol. The molecule has 0 unspecified atom stereocenters. The van der Waals surface area contributed by atoms with E-state index >= 15 is 0 Å². The Morgan fingerprint density at radius 3 is 2.56 bits per heavy atom. The number of benzene rings is 2. The first-order chi connectivity index (χ1) is 13.1. The van der Waals surface area contributed by atoms with Gasteiger partial charge in [-0.05, 0) is 54.8 Å². The maximum atomic E-state index is 11.9. The van der Waals surface area contributed by atoms with E-state index in [4.69, 9.17) is 4.74 Å². The highest BCUT2D eigenvalue weighted by atomic mass is 16.5. The average Bonchev–Trinajstić information content (AvgIpc) is 2.70. The normalized spacial score (nSPS) is 14.4. The maximum absolute atomic E-state index is 11.9. The number of carbonyl (C=O) groups is 1. The number of nitrogens with one attached hydrogen (secondary N) is 2. The molecule has 142 valence electrons. The lowest BCUT2D eigenvalue weighted by atomic mass is 10.1. The molecule has 3 rings (SSSR count). The number of rotatable bonds is 6. The van der Waals surface area contributed by atoms with Crippen molar-refractivity contribution in [3.8, 4) is 0 Å². The summed E-state index contributed by atoms with van der Waals surface area (Å²) in [4.78, 5) is 14.2. The van der Waals surface area contributed by atoms with Crippen LogP contribution in [0.1, 0.15) is 16.7 Å². The molecule has 1 aliphatic rings. The van der Waals surface area contributed by atoms with Crippen LogP contribution in [0.3, 0.4) is 0 Å². The Labute approximate surface area is 160 Å². The molecule has 1 fully saturated rings. The minimum absolute atomic E-state index is 0.176. The number of morpholine rings is 1. The van der Waals surface area contributed by atoms with E-state index in [1.54, 1.807) is 6.21 Å². The quantitative estimate of drug-likeness (QED) is 0.609. The summed E-state index contributed by atoms with van der Waals surface area (Å²) in [5.41, 5.74) is 8.01. The first kappa shape index (κ1) is 18.9. The van der Waals surface area contributed by atoms with Crippen LogP contribution in [0.2, 0.25) is 0 Å². The predicted molar refractivity (Wildman–Crippen MR) is 110 cm³/mol. The van der Waals surface area contributed by atoms with Gasteiger partial charge in [0.05, 0.1) is 26.0 Å². The molecule has 0 radical (unpaired) electrons. The van der Waals surface area contributed by atoms with Gasteiger partial charge in [0, 0.05) is 24.5 Å². The zero-order valence-electron chi connectivity index (χ0n) is 15.9. The summed E-state index contributed by atoms with van der Waals surface area (Å²) in [7, 11) is 0. The highest BCUT2D eigenvalue weighted by Gasteiger charge is 2.10. The van der Waals surface area contributed by atoms with Crippen molar-refractivity contribution in [3.63, 3.8) is 0 Å². The molecule has 1 amide bonds. The molecule has 2 N–H and O–H groups in total. The second-order valence-corrected chi connectivity index (χ2v) is 6.64. The van der Waals surface area contributed by atoms with Gasteiger partial charge in [-0.25, -0.2) is 5.43 Å². The molecule has 27 heavy (non-hydrogen) atoms. The van der Waals surface area contributed by atoms with Crippen molar-refractivity contribution in [1.29, 1.82) is 0 Å². The molecule has 2 aromatic rings. The van der Waals surface area contributed by atoms with E-state index in [1.165, 1.54) is 16.8 Å². The minimum atomic E-state index is -0.186. The number of hydrazone groups is 1. The average molecular weight is 366 g/mol. The highest BCUT2D eigenvalue weighted by Crippen LogP contribution is 2.16. The van der Waals surface area contributed by atoms with Gasteiger partial charge in [-0.15, -0.1) is 0 Å². The molecule has 0 aromatic heterocycles. The third-order valence-electron chi connectivity index (χ3n) is 4.63. The smallest absolute Gasteiger partial charge is 0.259 e. The van der Waals surface area contributed by atoms with Crippen LogP contribution >= 0.6 is 0 Å². The number of amides is 1. The molecule has 0 saturated carbocycles. The molecule has 0 spiro atoms. The van der Waals surface area contributed by atoms with Crippen molar-refractivity contribution >= 4 is 23.5 Å². The summed E-state index contributed by atoms with van der Waals surface area (Å²) in [5, 5.41) is 7.13. The maximum Gasteiger partial charge on any atom is 0.259 e. The van der Waals surface area contributed by atoms with Crippen LogP contribution in [0, 0.1) is 13.8 Å². The van der Waals surface area contributed by atoms with Crippen molar-refractivity contribution in [2.75, 3.05) is 43.1 Å². The third-order valence-corrected chi connectivity index (χ3v) is 4.63. The van der Waals surface area contributed by atoms with E-state index in [9.17, 15) is 4.79 Å². The summed E-state index contributed by atoms with van der Waals surface area (Å²) in [6.45, 7) is 7.66. The largest absolute Gasteiger partial charge is 0.378 e. The van der Waals surface area contributed by atoms with Gasteiger partial charge < -0.3 is 15.0 Å². The highest BCUT2D eigenvalue weighted by molar-refractivity contribution is 5.84. The number of aryl methyl sites for hydroxylation is 2. The van der Waals surface area contributed by atoms with Crippen LogP contribution in [0.5, 0.6) is 0 Å². The molecule has 2 aromatic carbocycles. The zero-order valence-corrected chi connectivity index (χ0v) is 15.9. The van der Waals surface area contributed by atoms with Crippen molar-refractivity contribution in [3.05, 3.63) is 59.2 Å². The minimum Gasteiger partial charge on any atom is -0.378 e. The van der Waals surface area contributed by atoms with Gasteiger partial charge in [0.25, 0.3) is 5.91 Å². The van der Waals surface area contributed by atoms with Crippen molar-refractivity contribution in [1.82, 2.24) is 5.43 Å². The summed E-state index contributed by atoms with van der Waals surface area (Å²) in [6, 6.07) is 14.2. The fraction of sp³-hybridized carbons (Fsp3) is 0.333. The van der Waals surface area contributed by atoms with Crippen molar-refractivity contribution < 1.29 is 9.53 Å². The molecule has 1 saturated heterocycles. The lowest BCUT2D eigenvalue weighted by molar-refractivity contribution is -0.119. The lowest BCUT2D eigenvalue weighted by Crippen LogP contribution is -2.36. The standard InChI is InChI=1S/C21H26N4O2/c1-16-3-6-19(13-17(16)2)22-15-21(26)24-23-14-18-4-7-20(8-5-18)25-9-11-27-12-10-25/h3-8,13-14,22H,9-12,15H2,1-2H3,(H,24,26)/b23-14-. The lowest BCUT2D eigenvalue weighted by Gasteiger charge is -2.28. The Kier molecular flexibility index (Phi) is 6.44. The Hall–Kier alpha value is -2.86. The van der Waals surface area contributed by atoms with E-state index in [0.717, 1.165) is 37.6 Å². The molecule has 0 atom stereocenters. The summed E-state index contributed by atoms with van der Waals surface area (Å²) in [5.74, 6) is -0.186. The molecule has 0 aliphatic carbocycles. The van der Waals surface area contributed by atoms with E-state index in [1.807, 2.05) is 30.3 Å². The number of hydrogen-bond donors (Lipinski definition) is 2. The Morgan fingerprint density at radius 1 is 1.11 bits per heavy atom. The predicted octanol–water partition coefficient (Wildman–Crippen LogP) is 2.70. The topological polar surface area (TPSA) is 66.0 Å². The molecule has 0 bridgehead atoms. The first-order valence-electron chi connectivity index (χ1n) is 9.17. The Balaban J connectivity index is 1.45. The van der Waals surface area contributed by atoms with Gasteiger partial charge >= 0.3 is 0 Å². The van der Waals surface area contributed by atoms with Gasteiger partial charge in [-0.1, -0.05) is 18.2 Å². The fourth-order valence-corrected chi connectivity index (χ4v) is 2.84. The zero-order chi connectivity index (χ0) is 19.1. The van der Waals surface area contributed by atoms with Crippen LogP contribution in [0.15, 0.2) is 47.6 Å².